The first kappa shape index (κ1) is 16.9. The van der Waals surface area contributed by atoms with Crippen LogP contribution < -0.4 is 10.6 Å². The fraction of sp³-hybridized carbons (Fsp3) is 0.227. The third-order valence-electron chi connectivity index (χ3n) is 5.34. The van der Waals surface area contributed by atoms with Crippen LogP contribution in [0.1, 0.15) is 34.9 Å². The number of para-hydroxylation sites is 1. The van der Waals surface area contributed by atoms with Gasteiger partial charge in [0.2, 0.25) is 0 Å². The predicted octanol–water partition coefficient (Wildman–Crippen LogP) is 3.83. The average molecular weight is 371 g/mol. The number of H-pyrrole nitrogens is 1. The largest absolute Gasteiger partial charge is 0.342 e. The Kier molecular flexibility index (Phi) is 4.25. The number of nitrogens with zero attached hydrogens (tertiary/aromatic N) is 2. The number of hydrogen-bond acceptors (Lipinski definition) is 4. The van der Waals surface area contributed by atoms with E-state index in [-0.39, 0.29) is 5.91 Å². The lowest BCUT2D eigenvalue weighted by atomic mass is 9.98. The Morgan fingerprint density at radius 2 is 1.89 bits per heavy atom. The highest BCUT2D eigenvalue weighted by molar-refractivity contribution is 6.06. The molecule has 0 saturated carbocycles. The summed E-state index contributed by atoms with van der Waals surface area (Å²) in [6, 6.07) is 15.4. The summed E-state index contributed by atoms with van der Waals surface area (Å²) in [6.45, 7) is 2.06. The monoisotopic (exact) mass is 371 g/mol. The van der Waals surface area contributed by atoms with Crippen LogP contribution in [0, 0.1) is 0 Å². The summed E-state index contributed by atoms with van der Waals surface area (Å²) in [6.07, 6.45) is 3.80. The Labute approximate surface area is 162 Å². The van der Waals surface area contributed by atoms with Crippen molar-refractivity contribution in [2.75, 3.05) is 18.4 Å². The Bertz CT molecular complexity index is 1160. The fourth-order valence-corrected chi connectivity index (χ4v) is 3.79. The van der Waals surface area contributed by atoms with Gasteiger partial charge in [-0.2, -0.15) is 0 Å². The third kappa shape index (κ3) is 3.23. The average Bonchev–Trinajstić information content (AvgIpc) is 3.17. The molecule has 6 heteroatoms. The molecular formula is C22H21N5O. The quantitative estimate of drug-likeness (QED) is 0.511. The molecule has 2 aromatic heterocycles. The van der Waals surface area contributed by atoms with E-state index in [4.69, 9.17) is 4.98 Å². The van der Waals surface area contributed by atoms with Gasteiger partial charge in [-0.15, -0.1) is 0 Å². The molecule has 1 aliphatic rings. The van der Waals surface area contributed by atoms with Crippen LogP contribution in [0.3, 0.4) is 0 Å². The van der Waals surface area contributed by atoms with Crippen molar-refractivity contribution < 1.29 is 4.79 Å². The lowest BCUT2D eigenvalue weighted by Crippen LogP contribution is -2.27. The van der Waals surface area contributed by atoms with E-state index in [1.165, 1.54) is 0 Å². The zero-order chi connectivity index (χ0) is 18.9. The Morgan fingerprint density at radius 3 is 2.79 bits per heavy atom. The molecule has 3 heterocycles. The molecule has 6 nitrogen and oxygen atoms in total. The normalized spacial score (nSPS) is 15.1. The first-order chi connectivity index (χ1) is 13.8. The maximum absolute atomic E-state index is 12.7. The maximum atomic E-state index is 12.7. The SMILES string of the molecule is O=C(Nc1ccc2nc(C3CCNCC3)[nH]c2c1)c1cnc2ccccc2c1. The number of pyridine rings is 1. The number of carbonyl (C=O) groups is 1. The van der Waals surface area contributed by atoms with Gasteiger partial charge in [-0.1, -0.05) is 18.2 Å². The highest BCUT2D eigenvalue weighted by Crippen LogP contribution is 2.26. The summed E-state index contributed by atoms with van der Waals surface area (Å²) in [5.74, 6) is 1.34. The first-order valence-corrected chi connectivity index (χ1v) is 9.63. The molecule has 140 valence electrons. The van der Waals surface area contributed by atoms with Crippen molar-refractivity contribution in [1.82, 2.24) is 20.3 Å². The molecule has 0 unspecified atom stereocenters. The predicted molar refractivity (Wildman–Crippen MR) is 111 cm³/mol. The van der Waals surface area contributed by atoms with E-state index in [9.17, 15) is 4.79 Å². The maximum Gasteiger partial charge on any atom is 0.257 e. The molecule has 1 amide bonds. The molecular weight excluding hydrogens is 350 g/mol. The number of imidazole rings is 1. The van der Waals surface area contributed by atoms with Crippen molar-refractivity contribution in [3.8, 4) is 0 Å². The molecule has 0 radical (unpaired) electrons. The van der Waals surface area contributed by atoms with Crippen LogP contribution in [0.4, 0.5) is 5.69 Å². The summed E-state index contributed by atoms with van der Waals surface area (Å²) in [5.41, 5.74) is 4.04. The fourth-order valence-electron chi connectivity index (χ4n) is 3.79. The minimum absolute atomic E-state index is 0.171. The van der Waals surface area contributed by atoms with Gasteiger partial charge < -0.3 is 15.6 Å². The molecule has 4 aromatic rings. The summed E-state index contributed by atoms with van der Waals surface area (Å²) in [5, 5.41) is 7.30. The summed E-state index contributed by atoms with van der Waals surface area (Å²) < 4.78 is 0. The van der Waals surface area contributed by atoms with E-state index in [2.05, 4.69) is 20.6 Å². The summed E-state index contributed by atoms with van der Waals surface area (Å²) in [4.78, 5) is 25.2. The number of rotatable bonds is 3. The van der Waals surface area contributed by atoms with Gasteiger partial charge in [-0.3, -0.25) is 9.78 Å². The van der Waals surface area contributed by atoms with Crippen LogP contribution in [0.5, 0.6) is 0 Å². The number of benzene rings is 2. The molecule has 1 aliphatic heterocycles. The first-order valence-electron chi connectivity index (χ1n) is 9.63. The number of piperidine rings is 1. The van der Waals surface area contributed by atoms with E-state index < -0.39 is 0 Å². The van der Waals surface area contributed by atoms with Crippen LogP contribution in [0.2, 0.25) is 0 Å². The number of carbonyl (C=O) groups excluding carboxylic acids is 1. The van der Waals surface area contributed by atoms with Crippen molar-refractivity contribution in [2.24, 2.45) is 0 Å². The van der Waals surface area contributed by atoms with Gasteiger partial charge in [0.15, 0.2) is 0 Å². The highest BCUT2D eigenvalue weighted by Gasteiger charge is 2.18. The molecule has 3 N–H and O–H groups in total. The van der Waals surface area contributed by atoms with E-state index in [1.54, 1.807) is 6.20 Å². The van der Waals surface area contributed by atoms with Crippen LogP contribution in [0.25, 0.3) is 21.9 Å². The number of anilines is 1. The minimum atomic E-state index is -0.171. The van der Waals surface area contributed by atoms with E-state index in [0.717, 1.165) is 59.4 Å². The Balaban J connectivity index is 1.38. The van der Waals surface area contributed by atoms with Crippen LogP contribution in [0.15, 0.2) is 54.7 Å². The van der Waals surface area contributed by atoms with Crippen LogP contribution >= 0.6 is 0 Å². The standard InChI is InChI=1S/C22H21N5O/c28-22(16-11-15-3-1-2-4-18(15)24-13-16)25-17-5-6-19-20(12-17)27-21(26-19)14-7-9-23-10-8-14/h1-6,11-14,23H,7-10H2,(H,25,28)(H,26,27). The molecule has 1 fully saturated rings. The van der Waals surface area contributed by atoms with Crippen molar-refractivity contribution in [1.29, 1.82) is 0 Å². The smallest absolute Gasteiger partial charge is 0.257 e. The summed E-state index contributed by atoms with van der Waals surface area (Å²) >= 11 is 0. The van der Waals surface area contributed by atoms with Crippen molar-refractivity contribution in [3.05, 3.63) is 66.1 Å². The number of hydrogen-bond donors (Lipinski definition) is 3. The van der Waals surface area contributed by atoms with E-state index in [0.29, 0.717) is 11.5 Å². The van der Waals surface area contributed by atoms with E-state index >= 15 is 0 Å². The lowest BCUT2D eigenvalue weighted by molar-refractivity contribution is 0.102. The molecule has 2 aromatic carbocycles. The lowest BCUT2D eigenvalue weighted by Gasteiger charge is -2.20. The van der Waals surface area contributed by atoms with Crippen molar-refractivity contribution in [2.45, 2.75) is 18.8 Å². The van der Waals surface area contributed by atoms with Gasteiger partial charge in [0.25, 0.3) is 5.91 Å². The van der Waals surface area contributed by atoms with Crippen LogP contribution in [-0.4, -0.2) is 33.9 Å². The van der Waals surface area contributed by atoms with Gasteiger partial charge in [0.05, 0.1) is 22.1 Å². The van der Waals surface area contributed by atoms with Gasteiger partial charge in [0, 0.05) is 23.2 Å². The number of fused-ring (bicyclic) bond motifs is 2. The molecule has 0 spiro atoms. The third-order valence-corrected chi connectivity index (χ3v) is 5.34. The van der Waals surface area contributed by atoms with Crippen molar-refractivity contribution >= 4 is 33.5 Å². The summed E-state index contributed by atoms with van der Waals surface area (Å²) in [7, 11) is 0. The molecule has 0 atom stereocenters. The Hall–Kier alpha value is -3.25. The van der Waals surface area contributed by atoms with Gasteiger partial charge >= 0.3 is 0 Å². The number of aromatic amines is 1. The molecule has 0 aliphatic carbocycles. The molecule has 1 saturated heterocycles. The zero-order valence-electron chi connectivity index (χ0n) is 15.4. The van der Waals surface area contributed by atoms with Gasteiger partial charge in [-0.25, -0.2) is 4.98 Å². The molecule has 0 bridgehead atoms. The molecule has 5 rings (SSSR count). The number of aromatic nitrogens is 3. The molecule has 28 heavy (non-hydrogen) atoms. The van der Waals surface area contributed by atoms with Gasteiger partial charge in [0.1, 0.15) is 5.82 Å². The number of nitrogens with one attached hydrogen (secondary N) is 3. The Morgan fingerprint density at radius 1 is 1.04 bits per heavy atom. The zero-order valence-corrected chi connectivity index (χ0v) is 15.4. The second-order valence-electron chi connectivity index (χ2n) is 7.25. The number of amides is 1. The topological polar surface area (TPSA) is 82.7 Å². The van der Waals surface area contributed by atoms with Crippen molar-refractivity contribution in [3.63, 3.8) is 0 Å². The second kappa shape index (κ2) is 7.05. The second-order valence-corrected chi connectivity index (χ2v) is 7.25. The minimum Gasteiger partial charge on any atom is -0.342 e. The van der Waals surface area contributed by atoms with Crippen LogP contribution in [-0.2, 0) is 0 Å². The highest BCUT2D eigenvalue weighted by atomic mass is 16.1. The van der Waals surface area contributed by atoms with Gasteiger partial charge in [-0.05, 0) is 56.3 Å². The van der Waals surface area contributed by atoms with E-state index in [1.807, 2.05) is 48.5 Å².